The van der Waals surface area contributed by atoms with E-state index in [-0.39, 0.29) is 96.4 Å². The topological polar surface area (TPSA) is 338 Å². The zero-order chi connectivity index (χ0) is 54.6. The molecule has 0 unspecified atom stereocenters. The van der Waals surface area contributed by atoms with E-state index in [9.17, 15) is 74.3 Å². The van der Waals surface area contributed by atoms with Crippen LogP contribution < -0.4 is 21.7 Å². The number of nitrogens with zero attached hydrogens (tertiary/aromatic N) is 1. The number of carboxylic acids is 2. The zero-order valence-electron chi connectivity index (χ0n) is 39.7. The average molecular weight is 1030 g/mol. The number of ether oxygens (including phenoxy) is 2. The molecule has 22 nitrogen and oxygen atoms in total. The van der Waals surface area contributed by atoms with E-state index in [1.165, 1.54) is 0 Å². The summed E-state index contributed by atoms with van der Waals surface area (Å²) in [5, 5.41) is 21.8. The summed E-state index contributed by atoms with van der Waals surface area (Å²) in [5.41, 5.74) is 3.84. The largest absolute Gasteiger partial charge is 0.490 e. The minimum atomic E-state index is -5.08. The summed E-state index contributed by atoms with van der Waals surface area (Å²) in [6.07, 6.45) is -7.80. The Hall–Kier alpha value is -6.22. The molecule has 1 aliphatic heterocycles. The molecule has 1 heterocycles. The highest BCUT2D eigenvalue weighted by molar-refractivity contribution is 6.01. The van der Waals surface area contributed by atoms with Gasteiger partial charge in [-0.1, -0.05) is 42.5 Å². The molecule has 0 radical (unpaired) electrons. The van der Waals surface area contributed by atoms with Crippen LogP contribution in [0.1, 0.15) is 148 Å². The molecule has 0 saturated carbocycles. The van der Waals surface area contributed by atoms with Crippen molar-refractivity contribution in [3.8, 4) is 0 Å². The molecule has 0 aromatic heterocycles. The molecule has 410 valence electrons. The Morgan fingerprint density at radius 1 is 0.543 bits per heavy atom. The molecule has 0 atom stereocenters. The van der Waals surface area contributed by atoms with E-state index >= 15 is 0 Å². The molecule has 1 rings (SSSR count). The highest BCUT2D eigenvalue weighted by Crippen LogP contribution is 2.15. The molecule has 1 saturated heterocycles. The number of hydrogen-bond donors (Lipinski definition) is 6. The molecule has 1 fully saturated rings. The second kappa shape index (κ2) is 40.6. The van der Waals surface area contributed by atoms with Crippen molar-refractivity contribution >= 4 is 70.9 Å². The SMILES string of the molecule is C.C.CC.CC(C)(C)OC(=O)CCC(=O)NCC(=O)ON1C(=O)CCC1=O.CCCC(=O)CNC(=O)CCC(=O)OC(C)(C)C.CCCC(=O)CNC(=O)CN.O=C(O)C(F)(F)F.O=C(O)C(F)(F)F. The minimum Gasteiger partial charge on any atom is -0.475 e. The summed E-state index contributed by atoms with van der Waals surface area (Å²) in [6.45, 7) is 17.9. The molecule has 7 N–H and O–H groups in total. The lowest BCUT2D eigenvalue weighted by Gasteiger charge is -2.19. The van der Waals surface area contributed by atoms with Gasteiger partial charge in [0.15, 0.2) is 11.6 Å². The van der Waals surface area contributed by atoms with Gasteiger partial charge in [-0.2, -0.15) is 26.3 Å². The maximum Gasteiger partial charge on any atom is 0.490 e. The number of alkyl halides is 6. The second-order valence-electron chi connectivity index (χ2n) is 14.9. The van der Waals surface area contributed by atoms with Crippen molar-refractivity contribution in [3.05, 3.63) is 0 Å². The lowest BCUT2D eigenvalue weighted by atomic mass is 10.2. The number of aliphatic carboxylic acids is 2. The van der Waals surface area contributed by atoms with Crippen molar-refractivity contribution in [2.24, 2.45) is 5.73 Å². The number of hydroxylamine groups is 2. The molecule has 0 aliphatic carbocycles. The van der Waals surface area contributed by atoms with Gasteiger partial charge in [-0.15, -0.1) is 5.06 Å². The van der Waals surface area contributed by atoms with Crippen LogP contribution in [0, 0.1) is 0 Å². The number of nitrogens with two attached hydrogens (primary N) is 1. The quantitative estimate of drug-likeness (QED) is 0.0628. The summed E-state index contributed by atoms with van der Waals surface area (Å²) in [4.78, 5) is 134. The predicted octanol–water partition coefficient (Wildman–Crippen LogP) is 4.42. The molecule has 1 aliphatic rings. The van der Waals surface area contributed by atoms with Crippen LogP contribution in [0.15, 0.2) is 0 Å². The Morgan fingerprint density at radius 2 is 0.829 bits per heavy atom. The summed E-state index contributed by atoms with van der Waals surface area (Å²) < 4.78 is 73.6. The molecular formula is C42H73F6N5O17. The minimum absolute atomic E-state index is 0. The fourth-order valence-corrected chi connectivity index (χ4v) is 3.56. The van der Waals surface area contributed by atoms with E-state index in [4.69, 9.17) is 35.0 Å². The number of rotatable bonds is 18. The van der Waals surface area contributed by atoms with E-state index in [1.807, 2.05) is 27.7 Å². The van der Waals surface area contributed by atoms with Crippen molar-refractivity contribution in [2.75, 3.05) is 26.2 Å². The van der Waals surface area contributed by atoms with E-state index in [1.54, 1.807) is 41.5 Å². The lowest BCUT2D eigenvalue weighted by Crippen LogP contribution is -2.37. The summed E-state index contributed by atoms with van der Waals surface area (Å²) >= 11 is 0. The Bertz CT molecular complexity index is 1620. The maximum atomic E-state index is 11.5. The third-order valence-electron chi connectivity index (χ3n) is 6.27. The van der Waals surface area contributed by atoms with Gasteiger partial charge < -0.3 is 46.2 Å². The normalized spacial score (nSPS) is 11.4. The number of halogens is 6. The maximum absolute atomic E-state index is 11.5. The molecule has 0 spiro atoms. The highest BCUT2D eigenvalue weighted by atomic mass is 19.4. The van der Waals surface area contributed by atoms with Gasteiger partial charge in [0.2, 0.25) is 17.7 Å². The van der Waals surface area contributed by atoms with Crippen LogP contribution in [0.4, 0.5) is 26.3 Å². The Labute approximate surface area is 403 Å². The first-order valence-corrected chi connectivity index (χ1v) is 20.6. The van der Waals surface area contributed by atoms with Crippen LogP contribution in [-0.2, 0) is 71.8 Å². The van der Waals surface area contributed by atoms with E-state index in [0.29, 0.717) is 17.9 Å². The zero-order valence-corrected chi connectivity index (χ0v) is 39.7. The van der Waals surface area contributed by atoms with Crippen molar-refractivity contribution in [1.82, 2.24) is 21.0 Å². The first-order valence-electron chi connectivity index (χ1n) is 20.6. The Morgan fingerprint density at radius 3 is 1.09 bits per heavy atom. The first kappa shape index (κ1) is 78.0. The molecule has 28 heteroatoms. The number of amides is 5. The van der Waals surface area contributed by atoms with Gasteiger partial charge in [0.05, 0.1) is 32.5 Å². The van der Waals surface area contributed by atoms with Crippen molar-refractivity contribution in [3.63, 3.8) is 0 Å². The van der Waals surface area contributed by atoms with Gasteiger partial charge in [0.25, 0.3) is 11.8 Å². The summed E-state index contributed by atoms with van der Waals surface area (Å²) in [5.74, 6) is -9.66. The van der Waals surface area contributed by atoms with E-state index in [0.717, 1.165) is 12.8 Å². The number of esters is 2. The van der Waals surface area contributed by atoms with Gasteiger partial charge in [-0.25, -0.2) is 14.4 Å². The number of Topliss-reactive ketones (excluding diaryl/α,β-unsaturated/α-hetero) is 2. The molecule has 5 amide bonds. The Kier molecular flexibility index (Phi) is 45.3. The number of hydrogen-bond acceptors (Lipinski definition) is 16. The van der Waals surface area contributed by atoms with Gasteiger partial charge in [0, 0.05) is 38.5 Å². The number of carbonyl (C=O) groups is 12. The van der Waals surface area contributed by atoms with Crippen LogP contribution >= 0.6 is 0 Å². The Balaban J connectivity index is -0.000000150. The first-order chi connectivity index (χ1) is 30.9. The molecule has 0 aromatic carbocycles. The van der Waals surface area contributed by atoms with Gasteiger partial charge in [-0.3, -0.25) is 43.2 Å². The number of ketones is 2. The standard InChI is InChI=1S/C14H20N2O7.C13H23NO4.C7H14N2O2.2C2HF3O2.C2H6.2CH4/c1-14(2,3)22-12(20)7-4-9(17)15-8-13(21)23-16-10(18)5-6-11(16)19;1-5-6-10(15)9-14-11(16)7-8-12(17)18-13(2,3)4;1-2-3-6(10)5-9-7(11)4-8;2*3-2(4,5)1(6)7;1-2;;/h4-8H2,1-3H3,(H,15,17);5-9H2,1-4H3,(H,14,16);2-5,8H2,1H3,(H,9,11);2*(H,6,7);1-2H3;2*1H4. The monoisotopic (exact) mass is 1030 g/mol. The van der Waals surface area contributed by atoms with Gasteiger partial charge in [-0.05, 0) is 54.4 Å². The van der Waals surface area contributed by atoms with Crippen molar-refractivity contribution in [1.29, 1.82) is 0 Å². The summed E-state index contributed by atoms with van der Waals surface area (Å²) in [6, 6.07) is 0. The van der Waals surface area contributed by atoms with Gasteiger partial charge in [0.1, 0.15) is 17.7 Å². The van der Waals surface area contributed by atoms with Gasteiger partial charge >= 0.3 is 42.2 Å². The highest BCUT2D eigenvalue weighted by Gasteiger charge is 2.39. The predicted molar refractivity (Wildman–Crippen MR) is 237 cm³/mol. The summed E-state index contributed by atoms with van der Waals surface area (Å²) in [7, 11) is 0. The third-order valence-corrected chi connectivity index (χ3v) is 6.27. The second-order valence-corrected chi connectivity index (χ2v) is 14.9. The molecule has 0 bridgehead atoms. The average Bonchev–Trinajstić information content (AvgIpc) is 3.51. The van der Waals surface area contributed by atoms with Crippen LogP contribution in [0.2, 0.25) is 0 Å². The molecular weight excluding hydrogens is 960 g/mol. The van der Waals surface area contributed by atoms with Crippen LogP contribution in [0.3, 0.4) is 0 Å². The van der Waals surface area contributed by atoms with Crippen molar-refractivity contribution in [2.45, 2.75) is 172 Å². The number of carboxylic acid groups (broad SMARTS) is 2. The van der Waals surface area contributed by atoms with E-state index < -0.39 is 77.7 Å². The third kappa shape index (κ3) is 52.7. The van der Waals surface area contributed by atoms with Crippen molar-refractivity contribution < 1.29 is 108 Å². The van der Waals surface area contributed by atoms with Crippen LogP contribution in [0.5, 0.6) is 0 Å². The smallest absolute Gasteiger partial charge is 0.475 e. The number of nitrogens with one attached hydrogen (secondary N) is 3. The fourth-order valence-electron chi connectivity index (χ4n) is 3.56. The number of imide groups is 1. The van der Waals surface area contributed by atoms with E-state index in [2.05, 4.69) is 20.8 Å². The molecule has 0 aromatic rings. The molecule has 70 heavy (non-hydrogen) atoms. The van der Waals surface area contributed by atoms with Crippen LogP contribution in [-0.4, -0.2) is 136 Å². The fraction of sp³-hybridized carbons (Fsp3) is 0.714. The van der Waals surface area contributed by atoms with Crippen LogP contribution in [0.25, 0.3) is 0 Å². The lowest BCUT2D eigenvalue weighted by molar-refractivity contribution is -0.196. The number of carbonyl (C=O) groups excluding carboxylic acids is 10.